The molecule has 0 spiro atoms. The third-order valence-corrected chi connectivity index (χ3v) is 3.19. The van der Waals surface area contributed by atoms with Crippen LogP contribution in [0, 0.1) is 11.8 Å². The van der Waals surface area contributed by atoms with E-state index >= 15 is 0 Å². The molecule has 14 heavy (non-hydrogen) atoms. The third-order valence-electron chi connectivity index (χ3n) is 2.92. The highest BCUT2D eigenvalue weighted by molar-refractivity contribution is 6.17. The van der Waals surface area contributed by atoms with E-state index in [1.54, 1.807) is 0 Å². The highest BCUT2D eigenvalue weighted by Gasteiger charge is 2.17. The molecule has 1 rings (SSSR count). The summed E-state index contributed by atoms with van der Waals surface area (Å²) in [5, 5.41) is 0. The van der Waals surface area contributed by atoms with E-state index in [0.29, 0.717) is 0 Å². The Morgan fingerprint density at radius 2 is 2.07 bits per heavy atom. The smallest absolute Gasteiger partial charge is 0.0499 e. The predicted octanol–water partition coefficient (Wildman–Crippen LogP) is 3.62. The zero-order valence-corrected chi connectivity index (χ0v) is 9.80. The molecule has 0 aliphatic heterocycles. The summed E-state index contributed by atoms with van der Waals surface area (Å²) in [7, 11) is 0. The van der Waals surface area contributed by atoms with E-state index in [0.717, 1.165) is 43.8 Å². The molecule has 0 N–H and O–H groups in total. The second-order valence-corrected chi connectivity index (χ2v) is 4.53. The summed E-state index contributed by atoms with van der Waals surface area (Å²) < 4.78 is 5.65. The van der Waals surface area contributed by atoms with Gasteiger partial charge in [-0.1, -0.05) is 19.1 Å². The molecule has 1 aliphatic carbocycles. The molecule has 2 heteroatoms. The fraction of sp³-hybridized carbons (Fsp3) is 0.833. The van der Waals surface area contributed by atoms with Crippen molar-refractivity contribution in [3.63, 3.8) is 0 Å². The molecule has 82 valence electrons. The molecule has 1 nitrogen and oxygen atoms in total. The van der Waals surface area contributed by atoms with Gasteiger partial charge in [-0.05, 0) is 37.5 Å². The number of ether oxygens (including phenoxy) is 1. The number of hydrogen-bond donors (Lipinski definition) is 0. The normalized spacial score (nSPS) is 26.7. The van der Waals surface area contributed by atoms with E-state index in [-0.39, 0.29) is 0 Å². The molecule has 0 aromatic rings. The van der Waals surface area contributed by atoms with Gasteiger partial charge in [0.2, 0.25) is 0 Å². The van der Waals surface area contributed by atoms with Crippen LogP contribution >= 0.6 is 11.6 Å². The molecule has 0 bridgehead atoms. The number of rotatable bonds is 6. The quantitative estimate of drug-likeness (QED) is 0.374. The number of alkyl halides is 1. The summed E-state index contributed by atoms with van der Waals surface area (Å²) in [6.45, 7) is 4.11. The SMILES string of the molecule is CC1CC=CCC1COCCCCCl. The fourth-order valence-corrected chi connectivity index (χ4v) is 1.96. The van der Waals surface area contributed by atoms with Crippen molar-refractivity contribution >= 4 is 11.6 Å². The largest absolute Gasteiger partial charge is 0.381 e. The zero-order valence-electron chi connectivity index (χ0n) is 9.05. The first-order chi connectivity index (χ1) is 6.84. The second kappa shape index (κ2) is 7.30. The Labute approximate surface area is 92.5 Å². The molecule has 2 unspecified atom stereocenters. The summed E-state index contributed by atoms with van der Waals surface area (Å²) in [6.07, 6.45) is 9.15. The number of halogens is 1. The third kappa shape index (κ3) is 4.47. The lowest BCUT2D eigenvalue weighted by molar-refractivity contribution is 0.0774. The highest BCUT2D eigenvalue weighted by atomic mass is 35.5. The average molecular weight is 217 g/mol. The Hall–Kier alpha value is -0.0100. The lowest BCUT2D eigenvalue weighted by atomic mass is 9.85. The molecule has 0 fully saturated rings. The van der Waals surface area contributed by atoms with E-state index in [1.807, 2.05) is 0 Å². The Morgan fingerprint density at radius 1 is 1.29 bits per heavy atom. The van der Waals surface area contributed by atoms with Gasteiger partial charge in [0, 0.05) is 19.1 Å². The van der Waals surface area contributed by atoms with E-state index in [9.17, 15) is 0 Å². The number of allylic oxidation sites excluding steroid dienone is 2. The summed E-state index contributed by atoms with van der Waals surface area (Å²) in [5.41, 5.74) is 0. The molecular formula is C12H21ClO. The van der Waals surface area contributed by atoms with Gasteiger partial charge >= 0.3 is 0 Å². The van der Waals surface area contributed by atoms with Crippen LogP contribution in [0.3, 0.4) is 0 Å². The molecule has 2 atom stereocenters. The van der Waals surface area contributed by atoms with Crippen molar-refractivity contribution in [3.8, 4) is 0 Å². The standard InChI is InChI=1S/C12H21ClO/c1-11-6-2-3-7-12(11)10-14-9-5-4-8-13/h2-3,11-12H,4-10H2,1H3. The van der Waals surface area contributed by atoms with Crippen LogP contribution in [0.1, 0.15) is 32.6 Å². The summed E-state index contributed by atoms with van der Waals surface area (Å²) in [4.78, 5) is 0. The van der Waals surface area contributed by atoms with Crippen LogP contribution in [0.4, 0.5) is 0 Å². The maximum absolute atomic E-state index is 5.65. The second-order valence-electron chi connectivity index (χ2n) is 4.15. The van der Waals surface area contributed by atoms with Gasteiger partial charge < -0.3 is 4.74 Å². The number of hydrogen-bond acceptors (Lipinski definition) is 1. The first kappa shape index (κ1) is 12.1. The maximum Gasteiger partial charge on any atom is 0.0499 e. The summed E-state index contributed by atoms with van der Waals surface area (Å²) in [5.74, 6) is 2.27. The minimum atomic E-state index is 0.732. The lowest BCUT2D eigenvalue weighted by Crippen LogP contribution is -2.19. The molecule has 0 radical (unpaired) electrons. The molecule has 1 aliphatic rings. The van der Waals surface area contributed by atoms with E-state index in [4.69, 9.17) is 16.3 Å². The van der Waals surface area contributed by atoms with Gasteiger partial charge in [-0.25, -0.2) is 0 Å². The average Bonchev–Trinajstić information content (AvgIpc) is 2.20. The molecule has 0 aromatic carbocycles. The minimum absolute atomic E-state index is 0.732. The van der Waals surface area contributed by atoms with Gasteiger partial charge in [0.15, 0.2) is 0 Å². The lowest BCUT2D eigenvalue weighted by Gasteiger charge is -2.24. The first-order valence-corrected chi connectivity index (χ1v) is 6.16. The van der Waals surface area contributed by atoms with Crippen LogP contribution in [0.15, 0.2) is 12.2 Å². The Kier molecular flexibility index (Phi) is 6.29. The van der Waals surface area contributed by atoms with Gasteiger partial charge in [-0.15, -0.1) is 11.6 Å². The van der Waals surface area contributed by atoms with Crippen LogP contribution < -0.4 is 0 Å². The highest BCUT2D eigenvalue weighted by Crippen LogP contribution is 2.24. The van der Waals surface area contributed by atoms with Gasteiger partial charge in [0.05, 0.1) is 0 Å². The predicted molar refractivity (Wildman–Crippen MR) is 61.8 cm³/mol. The van der Waals surface area contributed by atoms with Crippen LogP contribution in [-0.2, 0) is 4.74 Å². The van der Waals surface area contributed by atoms with E-state index in [2.05, 4.69) is 19.1 Å². The molecule has 0 aromatic heterocycles. The monoisotopic (exact) mass is 216 g/mol. The fourth-order valence-electron chi connectivity index (χ4n) is 1.77. The minimum Gasteiger partial charge on any atom is -0.381 e. The van der Waals surface area contributed by atoms with Gasteiger partial charge in [0.25, 0.3) is 0 Å². The van der Waals surface area contributed by atoms with Crippen LogP contribution in [-0.4, -0.2) is 19.1 Å². The topological polar surface area (TPSA) is 9.23 Å². The van der Waals surface area contributed by atoms with Crippen molar-refractivity contribution in [1.82, 2.24) is 0 Å². The van der Waals surface area contributed by atoms with Crippen molar-refractivity contribution in [2.24, 2.45) is 11.8 Å². The molecule has 0 amide bonds. The summed E-state index contributed by atoms with van der Waals surface area (Å²) >= 11 is 5.59. The van der Waals surface area contributed by atoms with Crippen molar-refractivity contribution in [2.75, 3.05) is 19.1 Å². The van der Waals surface area contributed by atoms with Crippen molar-refractivity contribution < 1.29 is 4.74 Å². The van der Waals surface area contributed by atoms with Gasteiger partial charge in [-0.2, -0.15) is 0 Å². The summed E-state index contributed by atoms with van der Waals surface area (Å²) in [6, 6.07) is 0. The van der Waals surface area contributed by atoms with Crippen LogP contribution in [0.5, 0.6) is 0 Å². The van der Waals surface area contributed by atoms with Crippen molar-refractivity contribution in [2.45, 2.75) is 32.6 Å². The number of unbranched alkanes of at least 4 members (excludes halogenated alkanes) is 1. The van der Waals surface area contributed by atoms with Crippen LogP contribution in [0.2, 0.25) is 0 Å². The Bertz CT molecular complexity index is 168. The van der Waals surface area contributed by atoms with Gasteiger partial charge in [0.1, 0.15) is 0 Å². The van der Waals surface area contributed by atoms with Gasteiger partial charge in [-0.3, -0.25) is 0 Å². The molecule has 0 saturated heterocycles. The molecule has 0 heterocycles. The van der Waals surface area contributed by atoms with Crippen molar-refractivity contribution in [1.29, 1.82) is 0 Å². The first-order valence-electron chi connectivity index (χ1n) is 5.63. The maximum atomic E-state index is 5.65. The Morgan fingerprint density at radius 3 is 2.79 bits per heavy atom. The molecule has 0 saturated carbocycles. The Balaban J connectivity index is 2.03. The molecular weight excluding hydrogens is 196 g/mol. The van der Waals surface area contributed by atoms with E-state index in [1.165, 1.54) is 12.8 Å². The van der Waals surface area contributed by atoms with E-state index < -0.39 is 0 Å². The zero-order chi connectivity index (χ0) is 10.2. The van der Waals surface area contributed by atoms with Crippen molar-refractivity contribution in [3.05, 3.63) is 12.2 Å². The van der Waals surface area contributed by atoms with Crippen LogP contribution in [0.25, 0.3) is 0 Å².